The van der Waals surface area contributed by atoms with Crippen LogP contribution in [0, 0.1) is 0 Å². The number of hydrogen-bond donors (Lipinski definition) is 4. The van der Waals surface area contributed by atoms with Gasteiger partial charge in [-0.15, -0.1) is 0 Å². The molecule has 0 aromatic rings. The van der Waals surface area contributed by atoms with Gasteiger partial charge in [-0.3, -0.25) is 18.6 Å². The summed E-state index contributed by atoms with van der Waals surface area (Å²) in [5.41, 5.74) is 5.32. The molecule has 0 radical (unpaired) electrons. The van der Waals surface area contributed by atoms with Gasteiger partial charge in [-0.25, -0.2) is 4.57 Å². The van der Waals surface area contributed by atoms with Gasteiger partial charge in [-0.2, -0.15) is 0 Å². The van der Waals surface area contributed by atoms with Crippen LogP contribution in [-0.2, 0) is 32.7 Å². The zero-order chi connectivity index (χ0) is 40.7. The normalized spacial score (nSPS) is 15.2. The van der Waals surface area contributed by atoms with Crippen LogP contribution in [0.5, 0.6) is 0 Å². The van der Waals surface area contributed by atoms with E-state index >= 15 is 0 Å². The van der Waals surface area contributed by atoms with Gasteiger partial charge in [0.25, 0.3) is 0 Å². The summed E-state index contributed by atoms with van der Waals surface area (Å²) in [6.45, 7) is 3.30. The fourth-order valence-electron chi connectivity index (χ4n) is 5.11. The highest BCUT2D eigenvalue weighted by atomic mass is 31.2. The van der Waals surface area contributed by atoms with Crippen LogP contribution in [0.4, 0.5) is 0 Å². The number of aliphatic hydroxyl groups is 2. The maximum absolute atomic E-state index is 12.6. The summed E-state index contributed by atoms with van der Waals surface area (Å²) in [4.78, 5) is 34.8. The van der Waals surface area contributed by atoms with E-state index in [0.717, 1.165) is 70.6 Å². The van der Waals surface area contributed by atoms with E-state index in [9.17, 15) is 29.3 Å². The molecule has 0 amide bonds. The molecule has 4 atom stereocenters. The van der Waals surface area contributed by atoms with E-state index in [1.807, 2.05) is 30.4 Å². The molecule has 11 nitrogen and oxygen atoms in total. The maximum atomic E-state index is 12.6. The second kappa shape index (κ2) is 38.3. The lowest BCUT2D eigenvalue weighted by molar-refractivity contribution is -0.161. The number of carbonyl (C=O) groups excluding carboxylic acids is 2. The second-order valence-corrected chi connectivity index (χ2v) is 15.0. The third-order valence-electron chi connectivity index (χ3n) is 8.27. The number of esters is 2. The summed E-state index contributed by atoms with van der Waals surface area (Å²) < 4.78 is 32.5. The topological polar surface area (TPSA) is 175 Å². The van der Waals surface area contributed by atoms with Gasteiger partial charge in [0.05, 0.1) is 25.4 Å². The highest BCUT2D eigenvalue weighted by molar-refractivity contribution is 7.47. The Bertz CT molecular complexity index is 1170. The van der Waals surface area contributed by atoms with Gasteiger partial charge >= 0.3 is 19.8 Å². The Balaban J connectivity index is 4.47. The Morgan fingerprint density at radius 1 is 0.636 bits per heavy atom. The van der Waals surface area contributed by atoms with Gasteiger partial charge in [0.2, 0.25) is 0 Å². The molecule has 0 heterocycles. The highest BCUT2D eigenvalue weighted by Crippen LogP contribution is 2.43. The molecular formula is C43H74NO10P. The Kier molecular flexibility index (Phi) is 36.4. The smallest absolute Gasteiger partial charge is 0.462 e. The predicted molar refractivity (Wildman–Crippen MR) is 222 cm³/mol. The second-order valence-electron chi connectivity index (χ2n) is 13.5. The monoisotopic (exact) mass is 796 g/mol. The van der Waals surface area contributed by atoms with E-state index in [4.69, 9.17) is 24.3 Å². The van der Waals surface area contributed by atoms with Gasteiger partial charge < -0.3 is 30.3 Å². The number of ether oxygens (including phenoxy) is 2. The van der Waals surface area contributed by atoms with Crippen LogP contribution in [0.15, 0.2) is 72.9 Å². The molecule has 5 N–H and O–H groups in total. The molecule has 55 heavy (non-hydrogen) atoms. The molecule has 0 saturated heterocycles. The molecule has 0 saturated carbocycles. The molecule has 0 spiro atoms. The maximum Gasteiger partial charge on any atom is 0.472 e. The summed E-state index contributed by atoms with van der Waals surface area (Å²) >= 11 is 0. The molecule has 0 aliphatic rings. The molecule has 12 heteroatoms. The summed E-state index contributed by atoms with van der Waals surface area (Å²) in [5, 5.41) is 20.1. The van der Waals surface area contributed by atoms with Gasteiger partial charge in [0.1, 0.15) is 6.61 Å². The van der Waals surface area contributed by atoms with Gasteiger partial charge in [0, 0.05) is 19.4 Å². The SMILES string of the molecule is CCCCC/C=C\C/C=C\CCCCCCCC(=O)O[C@H](COC(=O)CCC[C@@H](O)/C=C/C=C\C/C=C\C=C\[C@@H](O)CCCCC)COP(=O)(O)OCCN. The number of carbonyl (C=O) groups is 2. The number of allylic oxidation sites excluding steroid dienone is 10. The minimum absolute atomic E-state index is 0.0146. The molecule has 0 aromatic carbocycles. The van der Waals surface area contributed by atoms with Crippen molar-refractivity contribution in [3.8, 4) is 0 Å². The van der Waals surface area contributed by atoms with Crippen molar-refractivity contribution in [3.63, 3.8) is 0 Å². The lowest BCUT2D eigenvalue weighted by Gasteiger charge is -2.20. The van der Waals surface area contributed by atoms with Crippen molar-refractivity contribution in [1.82, 2.24) is 0 Å². The van der Waals surface area contributed by atoms with E-state index in [1.54, 1.807) is 18.2 Å². The number of phosphoric acid groups is 1. The molecule has 0 bridgehead atoms. The number of unbranched alkanes of at least 4 members (excludes halogenated alkanes) is 10. The van der Waals surface area contributed by atoms with Gasteiger partial charge in [0.15, 0.2) is 6.10 Å². The molecule has 0 aliphatic carbocycles. The molecule has 316 valence electrons. The number of rotatable bonds is 37. The lowest BCUT2D eigenvalue weighted by atomic mass is 10.1. The highest BCUT2D eigenvalue weighted by Gasteiger charge is 2.26. The van der Waals surface area contributed by atoms with E-state index in [2.05, 4.69) is 38.2 Å². The molecule has 1 unspecified atom stereocenters. The van der Waals surface area contributed by atoms with Crippen LogP contribution < -0.4 is 5.73 Å². The summed E-state index contributed by atoms with van der Waals surface area (Å²) in [6.07, 6.45) is 38.6. The minimum atomic E-state index is -4.44. The first-order valence-corrected chi connectivity index (χ1v) is 22.1. The lowest BCUT2D eigenvalue weighted by Crippen LogP contribution is -2.29. The van der Waals surface area contributed by atoms with E-state index in [-0.39, 0.29) is 32.6 Å². The van der Waals surface area contributed by atoms with Crippen molar-refractivity contribution >= 4 is 19.8 Å². The van der Waals surface area contributed by atoms with E-state index in [1.165, 1.54) is 19.3 Å². The summed E-state index contributed by atoms with van der Waals surface area (Å²) in [7, 11) is -4.44. The first-order valence-electron chi connectivity index (χ1n) is 20.6. The van der Waals surface area contributed by atoms with Crippen LogP contribution in [0.25, 0.3) is 0 Å². The minimum Gasteiger partial charge on any atom is -0.462 e. The predicted octanol–water partition coefficient (Wildman–Crippen LogP) is 9.43. The fraction of sp³-hybridized carbons (Fsp3) is 0.674. The first kappa shape index (κ1) is 52.4. The zero-order valence-corrected chi connectivity index (χ0v) is 34.7. The third-order valence-corrected chi connectivity index (χ3v) is 9.26. The first-order chi connectivity index (χ1) is 26.6. The van der Waals surface area contributed by atoms with Crippen LogP contribution in [0.2, 0.25) is 0 Å². The van der Waals surface area contributed by atoms with Crippen LogP contribution in [0.3, 0.4) is 0 Å². The van der Waals surface area contributed by atoms with Gasteiger partial charge in [-0.1, -0.05) is 138 Å². The van der Waals surface area contributed by atoms with Crippen LogP contribution in [-0.4, -0.2) is 71.7 Å². The van der Waals surface area contributed by atoms with Crippen LogP contribution >= 0.6 is 7.82 Å². The van der Waals surface area contributed by atoms with Crippen molar-refractivity contribution in [1.29, 1.82) is 0 Å². The molecule has 0 fully saturated rings. The standard InChI is InChI=1S/C43H74NO10P/c1-3-5-7-8-9-10-11-12-13-14-15-16-20-23-27-33-43(48)54-41(38-53-55(49,50)52-36-35-44)37-51-42(47)34-28-32-40(46)31-26-22-19-17-18-21-25-30-39(45)29-24-6-4-2/h9-10,12-13,18-19,21-22,25-26,30-31,39-41,45-46H,3-8,11,14-17,20,23-24,27-29,32-38,44H2,1-2H3,(H,49,50)/b10-9-,13-12-,21-18-,22-19-,30-25+,31-26+/t39-,40-,41+/m0/s1. The summed E-state index contributed by atoms with van der Waals surface area (Å²) in [6, 6.07) is 0. The Morgan fingerprint density at radius 2 is 1.18 bits per heavy atom. The fourth-order valence-corrected chi connectivity index (χ4v) is 5.88. The average Bonchev–Trinajstić information content (AvgIpc) is 3.16. The van der Waals surface area contributed by atoms with Crippen molar-refractivity contribution in [3.05, 3.63) is 72.9 Å². The van der Waals surface area contributed by atoms with E-state index < -0.39 is 44.7 Å². The molecule has 0 rings (SSSR count). The Labute approximate surface area is 332 Å². The largest absolute Gasteiger partial charge is 0.472 e. The molecule has 0 aromatic heterocycles. The Hall–Kier alpha value is -2.63. The number of aliphatic hydroxyl groups excluding tert-OH is 2. The Morgan fingerprint density at radius 3 is 1.82 bits per heavy atom. The third kappa shape index (κ3) is 38.0. The van der Waals surface area contributed by atoms with Crippen molar-refractivity contribution in [2.24, 2.45) is 5.73 Å². The summed E-state index contributed by atoms with van der Waals surface area (Å²) in [5.74, 6) is -1.08. The van der Waals surface area contributed by atoms with Crippen LogP contribution in [0.1, 0.15) is 142 Å². The van der Waals surface area contributed by atoms with Crippen molar-refractivity contribution in [2.75, 3.05) is 26.4 Å². The number of phosphoric ester groups is 1. The number of nitrogens with two attached hydrogens (primary N) is 1. The number of hydrogen-bond acceptors (Lipinski definition) is 10. The molecule has 0 aliphatic heterocycles. The van der Waals surface area contributed by atoms with Gasteiger partial charge in [-0.05, 0) is 64.2 Å². The zero-order valence-electron chi connectivity index (χ0n) is 33.9. The average molecular weight is 796 g/mol. The van der Waals surface area contributed by atoms with Crippen molar-refractivity contribution < 1.29 is 47.8 Å². The van der Waals surface area contributed by atoms with Crippen molar-refractivity contribution in [2.45, 2.75) is 161 Å². The molecular weight excluding hydrogens is 721 g/mol. The van der Waals surface area contributed by atoms with E-state index in [0.29, 0.717) is 25.7 Å². The quantitative estimate of drug-likeness (QED) is 0.0155.